The van der Waals surface area contributed by atoms with Crippen LogP contribution in [0.3, 0.4) is 0 Å². The van der Waals surface area contributed by atoms with Crippen LogP contribution in [-0.2, 0) is 19.1 Å². The molecular weight excluding hydrogens is 552 g/mol. The molecule has 0 aromatic heterocycles. The number of ether oxygens (including phenoxy) is 1. The van der Waals surface area contributed by atoms with E-state index in [1.807, 2.05) is 6.08 Å². The van der Waals surface area contributed by atoms with Crippen molar-refractivity contribution in [3.05, 3.63) is 72.9 Å². The first-order chi connectivity index (χ1) is 21.4. The van der Waals surface area contributed by atoms with Gasteiger partial charge in [0.15, 0.2) is 0 Å². The summed E-state index contributed by atoms with van der Waals surface area (Å²) in [7, 11) is 0. The second kappa shape index (κ2) is 31.2. The fraction of sp³-hybridized carbons (Fsp3) is 0.595. The number of amides is 1. The first-order valence-corrected chi connectivity index (χ1v) is 16.8. The van der Waals surface area contributed by atoms with E-state index in [1.54, 1.807) is 0 Å². The number of carbonyl (C=O) groups is 3. The van der Waals surface area contributed by atoms with Crippen LogP contribution in [0.15, 0.2) is 72.9 Å². The number of carboxylic acid groups (broad SMARTS) is 1. The van der Waals surface area contributed by atoms with Crippen molar-refractivity contribution in [3.8, 4) is 0 Å². The summed E-state index contributed by atoms with van der Waals surface area (Å²) < 4.78 is 5.71. The Morgan fingerprint density at radius 1 is 0.682 bits per heavy atom. The van der Waals surface area contributed by atoms with Crippen molar-refractivity contribution >= 4 is 17.8 Å². The zero-order valence-electron chi connectivity index (χ0n) is 27.5. The monoisotopic (exact) mass is 612 g/mol. The van der Waals surface area contributed by atoms with Crippen molar-refractivity contribution < 1.29 is 24.2 Å². The molecule has 2 unspecified atom stereocenters. The molecule has 0 aliphatic rings. The highest BCUT2D eigenvalue weighted by atomic mass is 16.5. The topological polar surface area (TPSA) is 119 Å². The second-order valence-corrected chi connectivity index (χ2v) is 10.8. The third-order valence-corrected chi connectivity index (χ3v) is 6.78. The number of aliphatic carboxylic acids is 1. The molecule has 2 atom stereocenters. The molecule has 7 heteroatoms. The van der Waals surface area contributed by atoms with Crippen LogP contribution in [-0.4, -0.2) is 41.6 Å². The molecule has 0 heterocycles. The van der Waals surface area contributed by atoms with E-state index in [-0.39, 0.29) is 24.4 Å². The predicted molar refractivity (Wildman–Crippen MR) is 183 cm³/mol. The van der Waals surface area contributed by atoms with Crippen molar-refractivity contribution in [2.45, 2.75) is 135 Å². The lowest BCUT2D eigenvalue weighted by molar-refractivity contribution is -0.149. The van der Waals surface area contributed by atoms with E-state index >= 15 is 0 Å². The SMILES string of the molecule is CC/C=C\C/C=C\C/C=C\C/C=C\C/C=C\C/C=C\CCC(=O)OC(CCC)CCCCCC(=O)NC(CCCN)C(=O)O. The Kier molecular flexibility index (Phi) is 29.0. The number of nitrogens with two attached hydrogens (primary N) is 1. The molecule has 0 bridgehead atoms. The predicted octanol–water partition coefficient (Wildman–Crippen LogP) is 8.44. The number of carbonyl (C=O) groups excluding carboxylic acids is 2. The van der Waals surface area contributed by atoms with Gasteiger partial charge in [-0.15, -0.1) is 0 Å². The summed E-state index contributed by atoms with van der Waals surface area (Å²) in [4.78, 5) is 35.7. The van der Waals surface area contributed by atoms with Gasteiger partial charge in [0.05, 0.1) is 0 Å². The Bertz CT molecular complexity index is 917. The summed E-state index contributed by atoms with van der Waals surface area (Å²) in [6.07, 6.45) is 38.8. The summed E-state index contributed by atoms with van der Waals surface area (Å²) in [5.74, 6) is -1.45. The lowest BCUT2D eigenvalue weighted by Gasteiger charge is -2.17. The minimum Gasteiger partial charge on any atom is -0.480 e. The van der Waals surface area contributed by atoms with Gasteiger partial charge in [0.1, 0.15) is 12.1 Å². The van der Waals surface area contributed by atoms with Crippen molar-refractivity contribution in [1.29, 1.82) is 0 Å². The average molecular weight is 613 g/mol. The molecule has 248 valence electrons. The van der Waals surface area contributed by atoms with Gasteiger partial charge in [0, 0.05) is 12.8 Å². The average Bonchev–Trinajstić information content (AvgIpc) is 3.00. The number of esters is 1. The summed E-state index contributed by atoms with van der Waals surface area (Å²) in [6, 6.07) is -0.882. The van der Waals surface area contributed by atoms with Crippen molar-refractivity contribution in [2.24, 2.45) is 5.73 Å². The van der Waals surface area contributed by atoms with Crippen LogP contribution in [0, 0.1) is 0 Å². The van der Waals surface area contributed by atoms with Crippen LogP contribution in [0.1, 0.15) is 123 Å². The fourth-order valence-electron chi connectivity index (χ4n) is 4.35. The van der Waals surface area contributed by atoms with Crippen LogP contribution in [0.4, 0.5) is 0 Å². The smallest absolute Gasteiger partial charge is 0.326 e. The second-order valence-electron chi connectivity index (χ2n) is 10.8. The molecule has 7 nitrogen and oxygen atoms in total. The number of allylic oxidation sites excluding steroid dienone is 12. The molecule has 0 aromatic carbocycles. The van der Waals surface area contributed by atoms with Crippen LogP contribution in [0.2, 0.25) is 0 Å². The van der Waals surface area contributed by atoms with Gasteiger partial charge < -0.3 is 20.9 Å². The molecule has 0 saturated heterocycles. The maximum Gasteiger partial charge on any atom is 0.326 e. The number of carboxylic acids is 1. The third-order valence-electron chi connectivity index (χ3n) is 6.78. The number of nitrogens with one attached hydrogen (secondary N) is 1. The molecular formula is C37H60N2O5. The maximum atomic E-state index is 12.3. The van der Waals surface area contributed by atoms with Gasteiger partial charge in [-0.3, -0.25) is 9.59 Å². The van der Waals surface area contributed by atoms with E-state index in [0.717, 1.165) is 70.6 Å². The van der Waals surface area contributed by atoms with E-state index in [2.05, 4.69) is 86.0 Å². The lowest BCUT2D eigenvalue weighted by Crippen LogP contribution is -2.40. The van der Waals surface area contributed by atoms with Gasteiger partial charge in [0.25, 0.3) is 0 Å². The molecule has 0 saturated carbocycles. The van der Waals surface area contributed by atoms with E-state index in [0.29, 0.717) is 38.6 Å². The molecule has 0 radical (unpaired) electrons. The Balaban J connectivity index is 4.00. The Hall–Kier alpha value is -3.19. The van der Waals surface area contributed by atoms with Gasteiger partial charge >= 0.3 is 11.9 Å². The molecule has 0 aliphatic heterocycles. The van der Waals surface area contributed by atoms with E-state index in [1.165, 1.54) is 0 Å². The van der Waals surface area contributed by atoms with E-state index in [9.17, 15) is 19.5 Å². The number of hydrogen-bond donors (Lipinski definition) is 3. The van der Waals surface area contributed by atoms with Gasteiger partial charge in [-0.05, 0) is 90.0 Å². The normalized spacial score (nSPS) is 13.7. The van der Waals surface area contributed by atoms with Gasteiger partial charge in [-0.25, -0.2) is 4.79 Å². The number of hydrogen-bond acceptors (Lipinski definition) is 5. The van der Waals surface area contributed by atoms with Crippen molar-refractivity contribution in [1.82, 2.24) is 5.32 Å². The van der Waals surface area contributed by atoms with E-state index < -0.39 is 12.0 Å². The van der Waals surface area contributed by atoms with Crippen LogP contribution in [0.25, 0.3) is 0 Å². The number of rotatable bonds is 28. The third kappa shape index (κ3) is 27.6. The van der Waals surface area contributed by atoms with Crippen molar-refractivity contribution in [3.63, 3.8) is 0 Å². The molecule has 0 aliphatic carbocycles. The highest BCUT2D eigenvalue weighted by Gasteiger charge is 2.19. The van der Waals surface area contributed by atoms with Gasteiger partial charge in [-0.2, -0.15) is 0 Å². The molecule has 4 N–H and O–H groups in total. The summed E-state index contributed by atoms with van der Waals surface area (Å²) in [5.41, 5.74) is 5.43. The molecule has 0 rings (SSSR count). The molecule has 0 fully saturated rings. The summed E-state index contributed by atoms with van der Waals surface area (Å²) in [6.45, 7) is 4.62. The zero-order valence-corrected chi connectivity index (χ0v) is 27.5. The minimum atomic E-state index is -1.03. The van der Waals surface area contributed by atoms with Crippen molar-refractivity contribution in [2.75, 3.05) is 6.54 Å². The first kappa shape index (κ1) is 40.8. The summed E-state index contributed by atoms with van der Waals surface area (Å²) in [5, 5.41) is 11.8. The van der Waals surface area contributed by atoms with Crippen LogP contribution >= 0.6 is 0 Å². The highest BCUT2D eigenvalue weighted by molar-refractivity contribution is 5.83. The summed E-state index contributed by atoms with van der Waals surface area (Å²) >= 11 is 0. The molecule has 1 amide bonds. The lowest BCUT2D eigenvalue weighted by atomic mass is 10.0. The molecule has 0 aromatic rings. The minimum absolute atomic E-state index is 0.0979. The Morgan fingerprint density at radius 2 is 1.23 bits per heavy atom. The maximum absolute atomic E-state index is 12.3. The Labute approximate surface area is 267 Å². The first-order valence-electron chi connectivity index (χ1n) is 16.8. The van der Waals surface area contributed by atoms with Gasteiger partial charge in [0.2, 0.25) is 5.91 Å². The number of unbranched alkanes of at least 4 members (excludes halogenated alkanes) is 2. The molecule has 44 heavy (non-hydrogen) atoms. The standard InChI is InChI=1S/C37H60N2O5/c1-3-5-6-7-8-9-10-11-12-13-14-15-16-17-18-19-20-21-25-31-36(41)44-33(27-4-2)28-23-22-24-30-35(40)39-34(37(42)43)29-26-32-38/h5-6,8-9,11-12,14-15,17-18,20-21,33-34H,3-4,7,10,13,16,19,22-32,38H2,1-2H3,(H,39,40)(H,42,43)/b6-5-,9-8-,12-11-,15-14-,18-17-,21-20-. The van der Waals surface area contributed by atoms with Crippen LogP contribution in [0.5, 0.6) is 0 Å². The van der Waals surface area contributed by atoms with Gasteiger partial charge in [-0.1, -0.05) is 99.6 Å². The zero-order chi connectivity index (χ0) is 32.5. The quantitative estimate of drug-likeness (QED) is 0.0463. The van der Waals surface area contributed by atoms with Crippen LogP contribution < -0.4 is 11.1 Å². The molecule has 0 spiro atoms. The highest BCUT2D eigenvalue weighted by Crippen LogP contribution is 2.15. The Morgan fingerprint density at radius 3 is 1.73 bits per heavy atom. The van der Waals surface area contributed by atoms with E-state index in [4.69, 9.17) is 10.5 Å². The largest absolute Gasteiger partial charge is 0.480 e. The fourth-order valence-corrected chi connectivity index (χ4v) is 4.35.